The van der Waals surface area contributed by atoms with Crippen LogP contribution < -0.4 is 9.86 Å². The van der Waals surface area contributed by atoms with E-state index in [1.165, 1.54) is 30.1 Å². The number of halogens is 3. The summed E-state index contributed by atoms with van der Waals surface area (Å²) in [6.07, 6.45) is -2.54. The van der Waals surface area contributed by atoms with Gasteiger partial charge < -0.3 is 4.72 Å². The fraction of sp³-hybridized carbons (Fsp3) is 0.0476. The first-order valence-electron chi connectivity index (χ1n) is 8.62. The maximum Gasteiger partial charge on any atom is 0.416 e. The van der Waals surface area contributed by atoms with Crippen LogP contribution in [-0.2, 0) is 16.2 Å². The van der Waals surface area contributed by atoms with E-state index in [1.807, 2.05) is 30.3 Å². The molecule has 30 heavy (non-hydrogen) atoms. The van der Waals surface area contributed by atoms with Crippen molar-refractivity contribution in [2.24, 2.45) is 5.14 Å². The van der Waals surface area contributed by atoms with Crippen molar-refractivity contribution in [3.05, 3.63) is 89.3 Å². The molecule has 0 radical (unpaired) electrons. The van der Waals surface area contributed by atoms with E-state index in [9.17, 15) is 21.6 Å². The largest absolute Gasteiger partial charge is 0.416 e. The molecule has 3 aromatic rings. The number of nitrogens with two attached hydrogens (primary N) is 1. The minimum Gasteiger partial charge on any atom is -0.325 e. The van der Waals surface area contributed by atoms with Gasteiger partial charge in [-0.1, -0.05) is 48.5 Å². The van der Waals surface area contributed by atoms with Crippen LogP contribution in [0.2, 0.25) is 0 Å². The van der Waals surface area contributed by atoms with Crippen molar-refractivity contribution in [1.29, 1.82) is 0 Å². The Labute approximate surface area is 176 Å². The number of rotatable bonds is 6. The molecule has 156 valence electrons. The first-order valence-corrected chi connectivity index (χ1v) is 11.0. The summed E-state index contributed by atoms with van der Waals surface area (Å²) in [5.74, 6) is 0. The van der Waals surface area contributed by atoms with Gasteiger partial charge >= 0.3 is 6.18 Å². The van der Waals surface area contributed by atoms with Gasteiger partial charge in [0.1, 0.15) is 4.90 Å². The molecule has 3 aromatic carbocycles. The number of sulfonamides is 1. The van der Waals surface area contributed by atoms with Crippen LogP contribution in [0.5, 0.6) is 0 Å². The number of primary sulfonamides is 1. The lowest BCUT2D eigenvalue weighted by atomic mass is 10.0. The van der Waals surface area contributed by atoms with Gasteiger partial charge in [-0.15, -0.1) is 0 Å². The van der Waals surface area contributed by atoms with Crippen LogP contribution in [-0.4, -0.2) is 8.42 Å². The Morgan fingerprint density at radius 3 is 2.00 bits per heavy atom. The van der Waals surface area contributed by atoms with E-state index >= 15 is 0 Å². The predicted octanol–water partition coefficient (Wildman–Crippen LogP) is 5.75. The molecule has 0 aliphatic heterocycles. The first-order chi connectivity index (χ1) is 14.1. The fourth-order valence-corrected chi connectivity index (χ4v) is 4.00. The monoisotopic (exact) mass is 450 g/mol. The van der Waals surface area contributed by atoms with Crippen LogP contribution in [0.3, 0.4) is 0 Å². The van der Waals surface area contributed by atoms with E-state index in [0.29, 0.717) is 11.3 Å². The van der Waals surface area contributed by atoms with E-state index in [4.69, 9.17) is 5.14 Å². The fourth-order valence-electron chi connectivity index (χ4n) is 2.65. The van der Waals surface area contributed by atoms with Crippen molar-refractivity contribution in [3.63, 3.8) is 0 Å². The highest BCUT2D eigenvalue weighted by Gasteiger charge is 2.29. The van der Waals surface area contributed by atoms with E-state index in [-0.39, 0.29) is 4.90 Å². The molecule has 4 nitrogen and oxygen atoms in total. The summed E-state index contributed by atoms with van der Waals surface area (Å²) in [5, 5.41) is 6.94. The Bertz CT molecular complexity index is 1140. The second kappa shape index (κ2) is 8.95. The van der Waals surface area contributed by atoms with Crippen molar-refractivity contribution in [3.8, 4) is 11.1 Å². The summed E-state index contributed by atoms with van der Waals surface area (Å²) in [4.78, 5) is 0.00629. The minimum absolute atomic E-state index is 0.00629. The second-order valence-electron chi connectivity index (χ2n) is 6.26. The maximum absolute atomic E-state index is 12.7. The van der Waals surface area contributed by atoms with Crippen LogP contribution >= 0.6 is 11.9 Å². The van der Waals surface area contributed by atoms with Gasteiger partial charge in [-0.05, 0) is 64.4 Å². The number of nitrogens with one attached hydrogen (secondary N) is 1. The molecular weight excluding hydrogens is 433 g/mol. The molecule has 3 N–H and O–H groups in total. The minimum atomic E-state index is -4.35. The number of alkyl halides is 3. The molecule has 0 spiro atoms. The van der Waals surface area contributed by atoms with Gasteiger partial charge in [0.15, 0.2) is 0 Å². The van der Waals surface area contributed by atoms with E-state index in [1.54, 1.807) is 23.6 Å². The van der Waals surface area contributed by atoms with Crippen LogP contribution in [0, 0.1) is 0 Å². The lowest BCUT2D eigenvalue weighted by Gasteiger charge is -2.08. The molecule has 0 aromatic heterocycles. The summed E-state index contributed by atoms with van der Waals surface area (Å²) in [7, 11) is -3.83. The molecule has 0 aliphatic rings. The maximum atomic E-state index is 12.7. The van der Waals surface area contributed by atoms with Crippen LogP contribution in [0.4, 0.5) is 18.9 Å². The normalized spacial score (nSPS) is 12.3. The standard InChI is InChI=1S/C21H17F3N2O2S2/c22-21(23,24)18-11-9-17(10-12-18)16-7-5-15(6-8-16)13-14-29-26-19-3-1-2-4-20(19)30(25,27)28/h1-14,26H,(H2,25,27,28)/b14-13+. The molecule has 0 saturated carbocycles. The zero-order valence-electron chi connectivity index (χ0n) is 15.4. The molecule has 0 amide bonds. The van der Waals surface area contributed by atoms with Crippen LogP contribution in [0.25, 0.3) is 17.2 Å². The number of hydrogen-bond donors (Lipinski definition) is 2. The predicted molar refractivity (Wildman–Crippen MR) is 115 cm³/mol. The van der Waals surface area contributed by atoms with Gasteiger partial charge in [0.25, 0.3) is 0 Å². The molecule has 3 rings (SSSR count). The van der Waals surface area contributed by atoms with Gasteiger partial charge in [-0.2, -0.15) is 13.2 Å². The van der Waals surface area contributed by atoms with Crippen molar-refractivity contribution in [2.45, 2.75) is 11.1 Å². The SMILES string of the molecule is NS(=O)(=O)c1ccccc1NS/C=C/c1ccc(-c2ccc(C(F)(F)F)cc2)cc1. The van der Waals surface area contributed by atoms with Gasteiger partial charge in [-0.3, -0.25) is 0 Å². The summed E-state index contributed by atoms with van der Waals surface area (Å²) in [6, 6.07) is 18.6. The van der Waals surface area contributed by atoms with Crippen molar-refractivity contribution in [1.82, 2.24) is 0 Å². The third-order valence-corrected chi connectivity index (χ3v) is 5.73. The molecule has 0 atom stereocenters. The highest BCUT2D eigenvalue weighted by atomic mass is 32.2. The lowest BCUT2D eigenvalue weighted by Crippen LogP contribution is -2.13. The molecule has 9 heteroatoms. The topological polar surface area (TPSA) is 72.2 Å². The summed E-state index contributed by atoms with van der Waals surface area (Å²) >= 11 is 1.18. The smallest absolute Gasteiger partial charge is 0.325 e. The zero-order valence-corrected chi connectivity index (χ0v) is 17.1. The Morgan fingerprint density at radius 1 is 0.867 bits per heavy atom. The van der Waals surface area contributed by atoms with E-state index < -0.39 is 21.8 Å². The molecule has 0 bridgehead atoms. The van der Waals surface area contributed by atoms with Crippen LogP contribution in [0.15, 0.2) is 83.1 Å². The number of anilines is 1. The third kappa shape index (κ3) is 5.65. The van der Waals surface area contributed by atoms with E-state index in [2.05, 4.69) is 4.72 Å². The van der Waals surface area contributed by atoms with Crippen molar-refractivity contribution < 1.29 is 21.6 Å². The first kappa shape index (κ1) is 21.9. The molecule has 0 heterocycles. The summed E-state index contributed by atoms with van der Waals surface area (Å²) in [6.45, 7) is 0. The number of benzene rings is 3. The van der Waals surface area contributed by atoms with Crippen LogP contribution in [0.1, 0.15) is 11.1 Å². The molecule has 0 saturated heterocycles. The molecule has 0 fully saturated rings. The Hall–Kier alpha value is -2.75. The lowest BCUT2D eigenvalue weighted by molar-refractivity contribution is -0.137. The zero-order chi connectivity index (χ0) is 21.8. The van der Waals surface area contributed by atoms with Gasteiger partial charge in [0, 0.05) is 0 Å². The van der Waals surface area contributed by atoms with E-state index in [0.717, 1.165) is 23.3 Å². The number of para-hydroxylation sites is 1. The highest BCUT2D eigenvalue weighted by molar-refractivity contribution is 8.03. The number of hydrogen-bond acceptors (Lipinski definition) is 4. The van der Waals surface area contributed by atoms with Gasteiger partial charge in [0.2, 0.25) is 10.0 Å². The Kier molecular flexibility index (Phi) is 6.55. The average Bonchev–Trinajstić information content (AvgIpc) is 2.71. The average molecular weight is 451 g/mol. The summed E-state index contributed by atoms with van der Waals surface area (Å²) < 4.78 is 64.1. The quantitative estimate of drug-likeness (QED) is 0.469. The third-order valence-electron chi connectivity index (χ3n) is 4.15. The molecule has 0 unspecified atom stereocenters. The van der Waals surface area contributed by atoms with Crippen molar-refractivity contribution >= 4 is 33.7 Å². The Morgan fingerprint density at radius 2 is 1.43 bits per heavy atom. The summed E-state index contributed by atoms with van der Waals surface area (Å²) in [5.41, 5.74) is 2.06. The molecular formula is C21H17F3N2O2S2. The molecule has 0 aliphatic carbocycles. The van der Waals surface area contributed by atoms with Crippen molar-refractivity contribution in [2.75, 3.05) is 4.72 Å². The highest BCUT2D eigenvalue weighted by Crippen LogP contribution is 2.31. The Balaban J connectivity index is 1.63. The van der Waals surface area contributed by atoms with Gasteiger partial charge in [-0.25, -0.2) is 13.6 Å². The van der Waals surface area contributed by atoms with Gasteiger partial charge in [0.05, 0.1) is 11.3 Å². The second-order valence-corrected chi connectivity index (χ2v) is 8.50.